The molecule has 0 saturated heterocycles. The van der Waals surface area contributed by atoms with Crippen molar-refractivity contribution in [3.8, 4) is 0 Å². The van der Waals surface area contributed by atoms with Crippen molar-refractivity contribution in [2.24, 2.45) is 0 Å². The van der Waals surface area contributed by atoms with Crippen LogP contribution in [0.1, 0.15) is 27.2 Å². The maximum atomic E-state index is 12.0. The van der Waals surface area contributed by atoms with Crippen LogP contribution in [0.3, 0.4) is 0 Å². The van der Waals surface area contributed by atoms with Crippen molar-refractivity contribution < 1.29 is 4.79 Å². The molecule has 0 aromatic heterocycles. The van der Waals surface area contributed by atoms with E-state index >= 15 is 0 Å². The number of halogens is 1. The van der Waals surface area contributed by atoms with E-state index in [0.29, 0.717) is 22.9 Å². The molecule has 0 aliphatic heterocycles. The molecular formula is C14H22ClN3O. The molecule has 5 heteroatoms. The molecule has 0 spiro atoms. The number of carbonyl (C=O) groups excluding carboxylic acids is 1. The van der Waals surface area contributed by atoms with Gasteiger partial charge in [0.15, 0.2) is 0 Å². The predicted molar refractivity (Wildman–Crippen MR) is 81.5 cm³/mol. The molecule has 0 atom stereocenters. The van der Waals surface area contributed by atoms with E-state index in [-0.39, 0.29) is 11.4 Å². The van der Waals surface area contributed by atoms with Gasteiger partial charge in [0.05, 0.1) is 17.9 Å². The predicted octanol–water partition coefficient (Wildman–Crippen LogP) is 2.98. The highest BCUT2D eigenvalue weighted by Crippen LogP contribution is 2.23. The molecule has 0 bridgehead atoms. The number of likely N-dealkylation sites (N-methyl/N-ethyl adjacent to an activating group) is 1. The number of anilines is 2. The number of hydrogen-bond acceptors (Lipinski definition) is 3. The zero-order chi connectivity index (χ0) is 14.6. The van der Waals surface area contributed by atoms with Crippen LogP contribution in [-0.4, -0.2) is 29.9 Å². The number of rotatable bonds is 5. The zero-order valence-corrected chi connectivity index (χ0v) is 12.7. The first-order chi connectivity index (χ1) is 8.76. The molecule has 3 N–H and O–H groups in total. The van der Waals surface area contributed by atoms with Crippen LogP contribution in [0.2, 0.25) is 5.02 Å². The van der Waals surface area contributed by atoms with Gasteiger partial charge in [-0.25, -0.2) is 0 Å². The van der Waals surface area contributed by atoms with Crippen molar-refractivity contribution in [3.63, 3.8) is 0 Å². The van der Waals surface area contributed by atoms with E-state index < -0.39 is 0 Å². The van der Waals surface area contributed by atoms with Gasteiger partial charge in [-0.3, -0.25) is 9.69 Å². The topological polar surface area (TPSA) is 58.4 Å². The van der Waals surface area contributed by atoms with Crippen LogP contribution >= 0.6 is 11.6 Å². The van der Waals surface area contributed by atoms with Crippen molar-refractivity contribution in [2.75, 3.05) is 24.6 Å². The van der Waals surface area contributed by atoms with Crippen molar-refractivity contribution in [1.29, 1.82) is 0 Å². The molecule has 1 aromatic carbocycles. The summed E-state index contributed by atoms with van der Waals surface area (Å²) in [4.78, 5) is 14.0. The fraction of sp³-hybridized carbons (Fsp3) is 0.500. The highest BCUT2D eigenvalue weighted by atomic mass is 35.5. The summed E-state index contributed by atoms with van der Waals surface area (Å²) in [6.45, 7) is 6.62. The maximum absolute atomic E-state index is 12.0. The third-order valence-electron chi connectivity index (χ3n) is 3.57. The number of amides is 1. The Balaban J connectivity index is 2.68. The Kier molecular flexibility index (Phi) is 5.20. The molecule has 106 valence electrons. The summed E-state index contributed by atoms with van der Waals surface area (Å²) in [6, 6.07) is 5.02. The molecule has 19 heavy (non-hydrogen) atoms. The van der Waals surface area contributed by atoms with Crippen LogP contribution in [0, 0.1) is 0 Å². The summed E-state index contributed by atoms with van der Waals surface area (Å²) in [7, 11) is 1.93. The fourth-order valence-corrected chi connectivity index (χ4v) is 1.70. The Morgan fingerprint density at radius 3 is 2.68 bits per heavy atom. The third-order valence-corrected chi connectivity index (χ3v) is 3.80. The fourth-order valence-electron chi connectivity index (χ4n) is 1.53. The molecular weight excluding hydrogens is 262 g/mol. The van der Waals surface area contributed by atoms with Gasteiger partial charge in [-0.05, 0) is 45.5 Å². The second-order valence-corrected chi connectivity index (χ2v) is 5.74. The number of carbonyl (C=O) groups is 1. The number of benzene rings is 1. The summed E-state index contributed by atoms with van der Waals surface area (Å²) >= 11 is 5.88. The van der Waals surface area contributed by atoms with Gasteiger partial charge in [-0.2, -0.15) is 0 Å². The van der Waals surface area contributed by atoms with Gasteiger partial charge in [0.25, 0.3) is 0 Å². The zero-order valence-electron chi connectivity index (χ0n) is 12.0. The maximum Gasteiger partial charge on any atom is 0.238 e. The standard InChI is InChI=1S/C14H22ClN3O/c1-5-14(2,3)18(4)9-13(19)17-12-8-10(15)6-7-11(12)16/h6-8H,5,9,16H2,1-4H3,(H,17,19). The van der Waals surface area contributed by atoms with Gasteiger partial charge in [-0.1, -0.05) is 18.5 Å². The van der Waals surface area contributed by atoms with E-state index in [1.54, 1.807) is 18.2 Å². The minimum absolute atomic E-state index is 0.0166. The number of nitrogens with two attached hydrogens (primary N) is 1. The van der Waals surface area contributed by atoms with E-state index in [9.17, 15) is 4.79 Å². The molecule has 1 amide bonds. The molecule has 1 aromatic rings. The Bertz CT molecular complexity index is 460. The Hall–Kier alpha value is -1.26. The molecule has 0 radical (unpaired) electrons. The molecule has 0 heterocycles. The molecule has 0 unspecified atom stereocenters. The molecule has 0 saturated carbocycles. The molecule has 0 aliphatic rings. The van der Waals surface area contributed by atoms with Crippen molar-refractivity contribution in [2.45, 2.75) is 32.7 Å². The monoisotopic (exact) mass is 283 g/mol. The largest absolute Gasteiger partial charge is 0.397 e. The molecule has 1 rings (SSSR count). The van der Waals surface area contributed by atoms with Crippen molar-refractivity contribution in [1.82, 2.24) is 4.90 Å². The van der Waals surface area contributed by atoms with E-state index in [1.165, 1.54) is 0 Å². The van der Waals surface area contributed by atoms with Crippen LogP contribution in [-0.2, 0) is 4.79 Å². The first-order valence-electron chi connectivity index (χ1n) is 6.32. The quantitative estimate of drug-likeness (QED) is 0.817. The average Bonchev–Trinajstić information content (AvgIpc) is 2.33. The molecule has 4 nitrogen and oxygen atoms in total. The van der Waals surface area contributed by atoms with Gasteiger partial charge >= 0.3 is 0 Å². The van der Waals surface area contributed by atoms with Crippen LogP contribution in [0.5, 0.6) is 0 Å². The van der Waals surface area contributed by atoms with E-state index in [1.807, 2.05) is 11.9 Å². The lowest BCUT2D eigenvalue weighted by Gasteiger charge is -2.34. The SMILES string of the molecule is CCC(C)(C)N(C)CC(=O)Nc1cc(Cl)ccc1N. The van der Waals surface area contributed by atoms with Gasteiger partial charge in [0.2, 0.25) is 5.91 Å². The number of nitrogens with one attached hydrogen (secondary N) is 1. The highest BCUT2D eigenvalue weighted by molar-refractivity contribution is 6.31. The third kappa shape index (κ3) is 4.40. The first-order valence-corrected chi connectivity index (χ1v) is 6.70. The Morgan fingerprint density at radius 2 is 2.11 bits per heavy atom. The normalized spacial score (nSPS) is 11.7. The van der Waals surface area contributed by atoms with Gasteiger partial charge in [0.1, 0.15) is 0 Å². The lowest BCUT2D eigenvalue weighted by molar-refractivity contribution is -0.118. The Labute approximate surface area is 119 Å². The summed E-state index contributed by atoms with van der Waals surface area (Å²) in [5.41, 5.74) is 6.84. The summed E-state index contributed by atoms with van der Waals surface area (Å²) in [5.74, 6) is -0.0991. The second kappa shape index (κ2) is 6.26. The lowest BCUT2D eigenvalue weighted by atomic mass is 10.00. The number of nitrogens with zero attached hydrogens (tertiary/aromatic N) is 1. The highest BCUT2D eigenvalue weighted by Gasteiger charge is 2.23. The summed E-state index contributed by atoms with van der Waals surface area (Å²) in [5, 5.41) is 3.34. The molecule has 0 fully saturated rings. The van der Waals surface area contributed by atoms with E-state index in [0.717, 1.165) is 6.42 Å². The second-order valence-electron chi connectivity index (χ2n) is 5.30. The smallest absolute Gasteiger partial charge is 0.238 e. The van der Waals surface area contributed by atoms with Gasteiger partial charge in [-0.15, -0.1) is 0 Å². The average molecular weight is 284 g/mol. The van der Waals surface area contributed by atoms with Crippen molar-refractivity contribution in [3.05, 3.63) is 23.2 Å². The van der Waals surface area contributed by atoms with E-state index in [4.69, 9.17) is 17.3 Å². The van der Waals surface area contributed by atoms with E-state index in [2.05, 4.69) is 26.1 Å². The summed E-state index contributed by atoms with van der Waals surface area (Å²) in [6.07, 6.45) is 0.968. The van der Waals surface area contributed by atoms with Crippen LogP contribution in [0.25, 0.3) is 0 Å². The Morgan fingerprint density at radius 1 is 1.47 bits per heavy atom. The minimum atomic E-state index is -0.0991. The summed E-state index contributed by atoms with van der Waals surface area (Å²) < 4.78 is 0. The molecule has 0 aliphatic carbocycles. The minimum Gasteiger partial charge on any atom is -0.397 e. The number of nitrogen functional groups attached to an aromatic ring is 1. The van der Waals surface area contributed by atoms with Crippen molar-refractivity contribution >= 4 is 28.9 Å². The van der Waals surface area contributed by atoms with Gasteiger partial charge < -0.3 is 11.1 Å². The first kappa shape index (κ1) is 15.8. The number of hydrogen-bond donors (Lipinski definition) is 2. The van der Waals surface area contributed by atoms with Crippen LogP contribution in [0.4, 0.5) is 11.4 Å². The van der Waals surface area contributed by atoms with Crippen LogP contribution in [0.15, 0.2) is 18.2 Å². The lowest BCUT2D eigenvalue weighted by Crippen LogP contribution is -2.44. The van der Waals surface area contributed by atoms with Crippen LogP contribution < -0.4 is 11.1 Å². The van der Waals surface area contributed by atoms with Gasteiger partial charge in [0, 0.05) is 10.6 Å².